The normalized spacial score (nSPS) is 11.5. The molecule has 2 aromatic carbocycles. The van der Waals surface area contributed by atoms with Gasteiger partial charge in [-0.1, -0.05) is 108 Å². The monoisotopic (exact) mass is 450 g/mol. The lowest BCUT2D eigenvalue weighted by molar-refractivity contribution is -0.384. The molecule has 1 amide bonds. The van der Waals surface area contributed by atoms with Gasteiger partial charge in [0.2, 0.25) is 0 Å². The number of hydrogen-bond acceptors (Lipinski definition) is 3. The summed E-state index contributed by atoms with van der Waals surface area (Å²) in [6.45, 7) is 5.17. The lowest BCUT2D eigenvalue weighted by Gasteiger charge is -2.10. The largest absolute Gasteiger partial charge is 0.352 e. The molecule has 0 fully saturated rings. The van der Waals surface area contributed by atoms with Crippen molar-refractivity contribution < 1.29 is 9.72 Å². The number of nitrogens with one attached hydrogen (secondary N) is 1. The fourth-order valence-corrected chi connectivity index (χ4v) is 3.82. The second-order valence-corrected chi connectivity index (χ2v) is 9.04. The minimum atomic E-state index is -0.439. The Balaban J connectivity index is 1.83. The predicted octanol–water partition coefficient (Wildman–Crippen LogP) is 7.42. The number of non-ortho nitro benzene ring substituents is 1. The maximum Gasteiger partial charge on any atom is 0.270 e. The van der Waals surface area contributed by atoms with Gasteiger partial charge in [0.05, 0.1) is 4.92 Å². The Morgan fingerprint density at radius 1 is 0.909 bits per heavy atom. The van der Waals surface area contributed by atoms with Gasteiger partial charge in [-0.25, -0.2) is 0 Å². The molecule has 0 aliphatic rings. The first kappa shape index (κ1) is 26.3. The summed E-state index contributed by atoms with van der Waals surface area (Å²) in [4.78, 5) is 23.7. The number of hydrogen-bond donors (Lipinski definition) is 1. The van der Waals surface area contributed by atoms with E-state index in [0.717, 1.165) is 24.3 Å². The van der Waals surface area contributed by atoms with E-state index in [-0.39, 0.29) is 11.6 Å². The number of carbonyl (C=O) groups excluding carboxylic acids is 1. The van der Waals surface area contributed by atoms with Crippen LogP contribution in [0.5, 0.6) is 0 Å². The molecule has 0 heterocycles. The Morgan fingerprint density at radius 2 is 1.55 bits per heavy atom. The Morgan fingerprint density at radius 3 is 2.18 bits per heavy atom. The molecule has 33 heavy (non-hydrogen) atoms. The predicted molar refractivity (Wildman–Crippen MR) is 137 cm³/mol. The smallest absolute Gasteiger partial charge is 0.270 e. The van der Waals surface area contributed by atoms with Crippen LogP contribution in [0.25, 0.3) is 11.6 Å². The van der Waals surface area contributed by atoms with E-state index in [9.17, 15) is 14.9 Å². The van der Waals surface area contributed by atoms with Crippen molar-refractivity contribution in [2.75, 3.05) is 6.54 Å². The summed E-state index contributed by atoms with van der Waals surface area (Å²) in [5.41, 5.74) is 1.83. The van der Waals surface area contributed by atoms with E-state index >= 15 is 0 Å². The van der Waals surface area contributed by atoms with Crippen LogP contribution < -0.4 is 5.32 Å². The number of nitrogens with zero attached hydrogens (tertiary/aromatic N) is 1. The van der Waals surface area contributed by atoms with Crippen LogP contribution in [0, 0.1) is 16.0 Å². The highest BCUT2D eigenvalue weighted by Crippen LogP contribution is 2.23. The summed E-state index contributed by atoms with van der Waals surface area (Å²) in [6, 6.07) is 15.8. The summed E-state index contributed by atoms with van der Waals surface area (Å²) < 4.78 is 0. The Hall–Kier alpha value is -2.95. The first-order chi connectivity index (χ1) is 16.0. The second-order valence-electron chi connectivity index (χ2n) is 9.04. The topological polar surface area (TPSA) is 72.2 Å². The molecule has 0 atom stereocenters. The third-order valence-electron chi connectivity index (χ3n) is 5.72. The summed E-state index contributed by atoms with van der Waals surface area (Å²) in [7, 11) is 0. The molecule has 0 aliphatic heterocycles. The number of amides is 1. The van der Waals surface area contributed by atoms with Gasteiger partial charge in [-0.15, -0.1) is 0 Å². The molecule has 0 unspecified atom stereocenters. The standard InChI is InChI=1S/C28H38N2O3/c1-23(2)15-10-7-5-3-4-6-8-13-20-29-28(31)27(21-24-16-11-9-12-17-24)25-18-14-19-26(22-25)30(32)33/h9,11-12,14,16-19,21-23H,3-8,10,13,15,20H2,1-2H3,(H,29,31)/b27-21+. The first-order valence-electron chi connectivity index (χ1n) is 12.3. The summed E-state index contributed by atoms with van der Waals surface area (Å²) >= 11 is 0. The van der Waals surface area contributed by atoms with Gasteiger partial charge in [0.1, 0.15) is 0 Å². The van der Waals surface area contributed by atoms with E-state index in [1.54, 1.807) is 18.2 Å². The Bertz CT molecular complexity index is 891. The van der Waals surface area contributed by atoms with Gasteiger partial charge in [0.15, 0.2) is 0 Å². The highest BCUT2D eigenvalue weighted by Gasteiger charge is 2.15. The molecular formula is C28H38N2O3. The van der Waals surface area contributed by atoms with Gasteiger partial charge in [-0.05, 0) is 29.5 Å². The third-order valence-corrected chi connectivity index (χ3v) is 5.72. The number of benzene rings is 2. The summed E-state index contributed by atoms with van der Waals surface area (Å²) in [6.07, 6.45) is 12.9. The van der Waals surface area contributed by atoms with Gasteiger partial charge in [-0.2, -0.15) is 0 Å². The van der Waals surface area contributed by atoms with Crippen molar-refractivity contribution in [1.29, 1.82) is 0 Å². The molecule has 2 aromatic rings. The third kappa shape index (κ3) is 10.5. The molecule has 1 N–H and O–H groups in total. The van der Waals surface area contributed by atoms with Crippen LogP contribution >= 0.6 is 0 Å². The summed E-state index contributed by atoms with van der Waals surface area (Å²) in [5, 5.41) is 14.2. The van der Waals surface area contributed by atoms with Gasteiger partial charge < -0.3 is 5.32 Å². The molecule has 0 spiro atoms. The fraction of sp³-hybridized carbons (Fsp3) is 0.464. The van der Waals surface area contributed by atoms with Gasteiger partial charge in [-0.3, -0.25) is 14.9 Å². The van der Waals surface area contributed by atoms with Gasteiger partial charge in [0.25, 0.3) is 11.6 Å². The van der Waals surface area contributed by atoms with E-state index in [1.165, 1.54) is 57.1 Å². The zero-order valence-electron chi connectivity index (χ0n) is 20.1. The van der Waals surface area contributed by atoms with E-state index in [4.69, 9.17) is 0 Å². The van der Waals surface area contributed by atoms with Gasteiger partial charge >= 0.3 is 0 Å². The molecule has 2 rings (SSSR count). The zero-order valence-corrected chi connectivity index (χ0v) is 20.1. The molecule has 0 aliphatic carbocycles. The van der Waals surface area contributed by atoms with E-state index < -0.39 is 4.92 Å². The second kappa shape index (κ2) is 15.0. The van der Waals surface area contributed by atoms with Crippen molar-refractivity contribution in [3.05, 3.63) is 75.8 Å². The Kier molecular flexibility index (Phi) is 11.9. The minimum absolute atomic E-state index is 0.0246. The number of nitro groups is 1. The fourth-order valence-electron chi connectivity index (χ4n) is 3.82. The number of rotatable bonds is 15. The van der Waals surface area contributed by atoms with Crippen LogP contribution in [-0.4, -0.2) is 17.4 Å². The van der Waals surface area contributed by atoms with E-state index in [1.807, 2.05) is 30.3 Å². The molecule has 0 aromatic heterocycles. The van der Waals surface area contributed by atoms with Crippen molar-refractivity contribution in [2.24, 2.45) is 5.92 Å². The first-order valence-corrected chi connectivity index (χ1v) is 12.3. The van der Waals surface area contributed by atoms with Crippen molar-refractivity contribution in [2.45, 2.75) is 71.6 Å². The van der Waals surface area contributed by atoms with Gasteiger partial charge in [0, 0.05) is 24.3 Å². The highest BCUT2D eigenvalue weighted by molar-refractivity contribution is 6.24. The summed E-state index contributed by atoms with van der Waals surface area (Å²) in [5.74, 6) is 0.602. The van der Waals surface area contributed by atoms with Crippen LogP contribution in [0.3, 0.4) is 0 Å². The van der Waals surface area contributed by atoms with Crippen LogP contribution in [0.4, 0.5) is 5.69 Å². The lowest BCUT2D eigenvalue weighted by atomic mass is 10.0. The van der Waals surface area contributed by atoms with Crippen LogP contribution in [0.1, 0.15) is 82.8 Å². The Labute approximate surface area is 198 Å². The molecule has 0 bridgehead atoms. The van der Waals surface area contributed by atoms with Crippen molar-refractivity contribution in [1.82, 2.24) is 5.32 Å². The average Bonchev–Trinajstić information content (AvgIpc) is 2.81. The van der Waals surface area contributed by atoms with Crippen molar-refractivity contribution >= 4 is 23.2 Å². The molecule has 5 heteroatoms. The molecular weight excluding hydrogens is 412 g/mol. The highest BCUT2D eigenvalue weighted by atomic mass is 16.6. The SMILES string of the molecule is CC(C)CCCCCCCCCCNC(=O)/C(=C/c1ccccc1)c1cccc([N+](=O)[O-])c1. The molecule has 178 valence electrons. The van der Waals surface area contributed by atoms with Crippen LogP contribution in [0.15, 0.2) is 54.6 Å². The van der Waals surface area contributed by atoms with Crippen LogP contribution in [-0.2, 0) is 4.79 Å². The number of nitro benzene ring substituents is 1. The zero-order chi connectivity index (χ0) is 23.9. The lowest BCUT2D eigenvalue weighted by Crippen LogP contribution is -2.25. The van der Waals surface area contributed by atoms with Crippen LogP contribution in [0.2, 0.25) is 0 Å². The average molecular weight is 451 g/mol. The molecule has 0 radical (unpaired) electrons. The maximum absolute atomic E-state index is 13.0. The van der Waals surface area contributed by atoms with E-state index in [0.29, 0.717) is 17.7 Å². The molecule has 0 saturated heterocycles. The van der Waals surface area contributed by atoms with E-state index in [2.05, 4.69) is 19.2 Å². The molecule has 5 nitrogen and oxygen atoms in total. The minimum Gasteiger partial charge on any atom is -0.352 e. The maximum atomic E-state index is 13.0. The number of unbranched alkanes of at least 4 members (excludes halogenated alkanes) is 7. The van der Waals surface area contributed by atoms with Crippen molar-refractivity contribution in [3.63, 3.8) is 0 Å². The van der Waals surface area contributed by atoms with Crippen molar-refractivity contribution in [3.8, 4) is 0 Å². The number of carbonyl (C=O) groups is 1. The quantitative estimate of drug-likeness (QED) is 0.101. The molecule has 0 saturated carbocycles.